The molecule has 2 saturated carbocycles. The first-order valence-corrected chi connectivity index (χ1v) is 7.32. The second kappa shape index (κ2) is 4.84. The molecule has 2 rings (SSSR count). The highest BCUT2D eigenvalue weighted by Crippen LogP contribution is 2.55. The lowest BCUT2D eigenvalue weighted by atomic mass is 9.64. The molecule has 2 N–H and O–H groups in total. The van der Waals surface area contributed by atoms with Crippen LogP contribution in [0.2, 0.25) is 0 Å². The molecule has 3 atom stereocenters. The van der Waals surface area contributed by atoms with Crippen LogP contribution in [0.4, 0.5) is 0 Å². The number of nitrogens with two attached hydrogens (primary N) is 1. The molecule has 3 unspecified atom stereocenters. The van der Waals surface area contributed by atoms with Gasteiger partial charge < -0.3 is 10.5 Å². The van der Waals surface area contributed by atoms with E-state index in [0.29, 0.717) is 12.5 Å². The molecule has 0 aromatic rings. The van der Waals surface area contributed by atoms with Crippen molar-refractivity contribution in [3.8, 4) is 0 Å². The van der Waals surface area contributed by atoms with Crippen molar-refractivity contribution in [2.75, 3.05) is 6.54 Å². The summed E-state index contributed by atoms with van der Waals surface area (Å²) < 4.78 is 5.60. The van der Waals surface area contributed by atoms with Crippen molar-refractivity contribution in [2.24, 2.45) is 23.0 Å². The van der Waals surface area contributed by atoms with Crippen LogP contribution in [0.1, 0.15) is 59.3 Å². The zero-order chi connectivity index (χ0) is 13.4. The third-order valence-electron chi connectivity index (χ3n) is 4.83. The van der Waals surface area contributed by atoms with Crippen molar-refractivity contribution >= 4 is 5.97 Å². The molecule has 3 heteroatoms. The predicted octanol–water partition coefficient (Wildman–Crippen LogP) is 2.87. The first-order chi connectivity index (χ1) is 8.39. The van der Waals surface area contributed by atoms with Crippen molar-refractivity contribution < 1.29 is 9.53 Å². The summed E-state index contributed by atoms with van der Waals surface area (Å²) in [4.78, 5) is 12.4. The van der Waals surface area contributed by atoms with Crippen LogP contribution in [-0.2, 0) is 9.53 Å². The van der Waals surface area contributed by atoms with Crippen molar-refractivity contribution in [1.82, 2.24) is 0 Å². The molecular formula is C15H27NO2. The summed E-state index contributed by atoms with van der Waals surface area (Å²) in [6.07, 6.45) is 6.99. The van der Waals surface area contributed by atoms with Crippen LogP contribution in [0, 0.1) is 17.3 Å². The maximum atomic E-state index is 12.4. The molecule has 2 aliphatic rings. The van der Waals surface area contributed by atoms with E-state index in [1.54, 1.807) is 0 Å². The first kappa shape index (κ1) is 13.9. The third-order valence-corrected chi connectivity index (χ3v) is 4.83. The molecule has 0 aromatic heterocycles. The van der Waals surface area contributed by atoms with Crippen LogP contribution in [0.3, 0.4) is 0 Å². The van der Waals surface area contributed by atoms with E-state index in [1.807, 2.05) is 20.8 Å². The highest BCUT2D eigenvalue weighted by Gasteiger charge is 2.53. The maximum absolute atomic E-state index is 12.4. The number of fused-ring (bicyclic) bond motifs is 1. The Hall–Kier alpha value is -0.570. The van der Waals surface area contributed by atoms with Gasteiger partial charge >= 0.3 is 5.97 Å². The average Bonchev–Trinajstić information content (AvgIpc) is 2.66. The molecule has 2 fully saturated rings. The molecule has 18 heavy (non-hydrogen) atoms. The van der Waals surface area contributed by atoms with Crippen LogP contribution in [-0.4, -0.2) is 18.1 Å². The molecule has 3 nitrogen and oxygen atoms in total. The number of hydrogen-bond donors (Lipinski definition) is 1. The van der Waals surface area contributed by atoms with E-state index in [0.717, 1.165) is 19.3 Å². The lowest BCUT2D eigenvalue weighted by molar-refractivity contribution is -0.165. The number of carbonyl (C=O) groups excluding carboxylic acids is 1. The molecular weight excluding hydrogens is 226 g/mol. The topological polar surface area (TPSA) is 52.3 Å². The molecule has 0 amide bonds. The van der Waals surface area contributed by atoms with E-state index < -0.39 is 0 Å². The van der Waals surface area contributed by atoms with Gasteiger partial charge in [-0.25, -0.2) is 0 Å². The number of esters is 1. The minimum Gasteiger partial charge on any atom is -0.460 e. The number of rotatable bonds is 2. The number of carbonyl (C=O) groups is 1. The summed E-state index contributed by atoms with van der Waals surface area (Å²) >= 11 is 0. The van der Waals surface area contributed by atoms with Crippen LogP contribution in [0.15, 0.2) is 0 Å². The SMILES string of the molecule is CC(C)(C)OC(=O)C1CCC2CCCCC21CN. The molecule has 0 heterocycles. The Balaban J connectivity index is 2.15. The summed E-state index contributed by atoms with van der Waals surface area (Å²) in [6, 6.07) is 0. The Morgan fingerprint density at radius 1 is 1.28 bits per heavy atom. The van der Waals surface area contributed by atoms with Gasteiger partial charge in [0.1, 0.15) is 5.60 Å². The van der Waals surface area contributed by atoms with Crippen LogP contribution < -0.4 is 5.73 Å². The quantitative estimate of drug-likeness (QED) is 0.770. The van der Waals surface area contributed by atoms with Crippen molar-refractivity contribution in [3.63, 3.8) is 0 Å². The van der Waals surface area contributed by atoms with Crippen molar-refractivity contribution in [3.05, 3.63) is 0 Å². The minimum atomic E-state index is -0.389. The van der Waals surface area contributed by atoms with Gasteiger partial charge in [-0.05, 0) is 64.3 Å². The Morgan fingerprint density at radius 2 is 2.00 bits per heavy atom. The standard InChI is InChI=1S/C15H27NO2/c1-14(2,3)18-13(17)12-8-7-11-6-4-5-9-15(11,12)10-16/h11-12H,4-10,16H2,1-3H3. The summed E-state index contributed by atoms with van der Waals surface area (Å²) in [7, 11) is 0. The van der Waals surface area contributed by atoms with E-state index in [2.05, 4.69) is 0 Å². The summed E-state index contributed by atoms with van der Waals surface area (Å²) in [5, 5.41) is 0. The van der Waals surface area contributed by atoms with Crippen molar-refractivity contribution in [2.45, 2.75) is 64.9 Å². The third kappa shape index (κ3) is 2.42. The Kier molecular flexibility index (Phi) is 3.72. The highest BCUT2D eigenvalue weighted by atomic mass is 16.6. The second-order valence-electron chi connectivity index (χ2n) is 7.04. The van der Waals surface area contributed by atoms with Gasteiger partial charge in [0.25, 0.3) is 0 Å². The van der Waals surface area contributed by atoms with Crippen LogP contribution in [0.5, 0.6) is 0 Å². The zero-order valence-corrected chi connectivity index (χ0v) is 12.0. The van der Waals surface area contributed by atoms with Gasteiger partial charge in [0.15, 0.2) is 0 Å². The van der Waals surface area contributed by atoms with E-state index in [4.69, 9.17) is 10.5 Å². The average molecular weight is 253 g/mol. The van der Waals surface area contributed by atoms with Gasteiger partial charge in [-0.2, -0.15) is 0 Å². The van der Waals surface area contributed by atoms with Gasteiger partial charge in [0.2, 0.25) is 0 Å². The fourth-order valence-corrected chi connectivity index (χ4v) is 4.02. The van der Waals surface area contributed by atoms with E-state index in [-0.39, 0.29) is 22.9 Å². The summed E-state index contributed by atoms with van der Waals surface area (Å²) in [6.45, 7) is 6.45. The second-order valence-corrected chi connectivity index (χ2v) is 7.04. The molecule has 0 radical (unpaired) electrons. The van der Waals surface area contributed by atoms with Gasteiger partial charge in [-0.3, -0.25) is 4.79 Å². The zero-order valence-electron chi connectivity index (χ0n) is 12.0. The van der Waals surface area contributed by atoms with E-state index >= 15 is 0 Å². The van der Waals surface area contributed by atoms with Gasteiger partial charge in [0.05, 0.1) is 5.92 Å². The lowest BCUT2D eigenvalue weighted by Gasteiger charge is -2.42. The van der Waals surface area contributed by atoms with Gasteiger partial charge in [-0.1, -0.05) is 12.8 Å². The molecule has 0 bridgehead atoms. The van der Waals surface area contributed by atoms with E-state index in [1.165, 1.54) is 19.3 Å². The predicted molar refractivity (Wildman–Crippen MR) is 72.0 cm³/mol. The maximum Gasteiger partial charge on any atom is 0.310 e. The van der Waals surface area contributed by atoms with Crippen molar-refractivity contribution in [1.29, 1.82) is 0 Å². The molecule has 2 aliphatic carbocycles. The van der Waals surface area contributed by atoms with Crippen LogP contribution in [0.25, 0.3) is 0 Å². The fraction of sp³-hybridized carbons (Fsp3) is 0.933. The minimum absolute atomic E-state index is 0.0163. The molecule has 0 aromatic carbocycles. The fourth-order valence-electron chi connectivity index (χ4n) is 4.02. The number of hydrogen-bond acceptors (Lipinski definition) is 3. The van der Waals surface area contributed by atoms with Gasteiger partial charge in [0, 0.05) is 0 Å². The summed E-state index contributed by atoms with van der Waals surface area (Å²) in [5.41, 5.74) is 5.72. The highest BCUT2D eigenvalue weighted by molar-refractivity contribution is 5.74. The van der Waals surface area contributed by atoms with Crippen LogP contribution >= 0.6 is 0 Å². The first-order valence-electron chi connectivity index (χ1n) is 7.32. The Bertz CT molecular complexity index is 321. The Labute approximate surface area is 110 Å². The largest absolute Gasteiger partial charge is 0.460 e. The Morgan fingerprint density at radius 3 is 2.61 bits per heavy atom. The van der Waals surface area contributed by atoms with Gasteiger partial charge in [-0.15, -0.1) is 0 Å². The normalized spacial score (nSPS) is 36.2. The number of ether oxygens (including phenoxy) is 1. The molecule has 0 spiro atoms. The van der Waals surface area contributed by atoms with E-state index in [9.17, 15) is 4.79 Å². The molecule has 0 saturated heterocycles. The monoisotopic (exact) mass is 253 g/mol. The molecule has 0 aliphatic heterocycles. The summed E-state index contributed by atoms with van der Waals surface area (Å²) in [5.74, 6) is 0.665. The molecule has 104 valence electrons. The smallest absolute Gasteiger partial charge is 0.310 e. The lowest BCUT2D eigenvalue weighted by Crippen LogP contribution is -2.46.